The van der Waals surface area contributed by atoms with Crippen molar-refractivity contribution in [2.24, 2.45) is 0 Å². The summed E-state index contributed by atoms with van der Waals surface area (Å²) in [6.45, 7) is 1.83. The number of benzene rings is 1. The van der Waals surface area contributed by atoms with Crippen molar-refractivity contribution in [3.63, 3.8) is 0 Å². The van der Waals surface area contributed by atoms with Crippen LogP contribution in [0.2, 0.25) is 10.0 Å². The number of hydrogen-bond donors (Lipinski definition) is 3. The zero-order valence-electron chi connectivity index (χ0n) is 17.5. The molecule has 1 atom stereocenters. The molecule has 1 aliphatic heterocycles. The number of rotatable bonds is 5. The number of morpholine rings is 1. The zero-order valence-corrected chi connectivity index (χ0v) is 19.0. The molecule has 0 spiro atoms. The van der Waals surface area contributed by atoms with Gasteiger partial charge in [-0.2, -0.15) is 0 Å². The summed E-state index contributed by atoms with van der Waals surface area (Å²) in [5.74, 6) is -0.568. The first-order chi connectivity index (χ1) is 15.9. The molecule has 1 aliphatic rings. The topological polar surface area (TPSA) is 133 Å². The van der Waals surface area contributed by atoms with Crippen LogP contribution in [-0.4, -0.2) is 47.3 Å². The van der Waals surface area contributed by atoms with Gasteiger partial charge in [-0.3, -0.25) is 19.1 Å². The van der Waals surface area contributed by atoms with Gasteiger partial charge in [-0.25, -0.2) is 4.98 Å². The van der Waals surface area contributed by atoms with Gasteiger partial charge in [0.2, 0.25) is 0 Å². The summed E-state index contributed by atoms with van der Waals surface area (Å²) < 4.78 is 11.7. The lowest BCUT2D eigenvalue weighted by molar-refractivity contribution is 0.0768. The maximum Gasteiger partial charge on any atom is 0.273 e. The van der Waals surface area contributed by atoms with E-state index < -0.39 is 11.5 Å². The minimum atomic E-state index is -0.744. The van der Waals surface area contributed by atoms with Gasteiger partial charge in [0.15, 0.2) is 0 Å². The van der Waals surface area contributed by atoms with Crippen LogP contribution in [0.5, 0.6) is 5.75 Å². The first kappa shape index (κ1) is 23.0. The van der Waals surface area contributed by atoms with Crippen LogP contribution in [0.3, 0.4) is 0 Å². The Hall–Kier alpha value is -3.18. The van der Waals surface area contributed by atoms with E-state index in [0.717, 1.165) is 16.5 Å². The van der Waals surface area contributed by atoms with Gasteiger partial charge in [0.25, 0.3) is 11.5 Å². The van der Waals surface area contributed by atoms with Crippen LogP contribution in [-0.2, 0) is 4.74 Å². The highest BCUT2D eigenvalue weighted by atomic mass is 35.5. The molecule has 0 bridgehead atoms. The molecule has 172 valence electrons. The van der Waals surface area contributed by atoms with Crippen molar-refractivity contribution in [3.8, 4) is 11.4 Å². The Bertz CT molecular complexity index is 1240. The third-order valence-electron chi connectivity index (χ3n) is 5.04. The van der Waals surface area contributed by atoms with E-state index in [4.69, 9.17) is 38.4 Å². The van der Waals surface area contributed by atoms with Gasteiger partial charge < -0.3 is 25.8 Å². The molecule has 0 saturated carbocycles. The Kier molecular flexibility index (Phi) is 6.80. The van der Waals surface area contributed by atoms with Crippen LogP contribution in [0.25, 0.3) is 5.69 Å². The first-order valence-electron chi connectivity index (χ1n) is 9.87. The maximum absolute atomic E-state index is 13.2. The highest BCUT2D eigenvalue weighted by Crippen LogP contribution is 2.32. The molecule has 1 amide bonds. The predicted molar refractivity (Wildman–Crippen MR) is 125 cm³/mol. The number of halogens is 2. The largest absolute Gasteiger partial charge is 0.497 e. The molecule has 0 unspecified atom stereocenters. The van der Waals surface area contributed by atoms with Crippen LogP contribution < -0.4 is 26.7 Å². The molecule has 0 aliphatic carbocycles. The number of aromatic nitrogens is 3. The fourth-order valence-corrected chi connectivity index (χ4v) is 4.07. The average Bonchev–Trinajstić information content (AvgIpc) is 2.80. The number of ether oxygens (including phenoxy) is 2. The summed E-state index contributed by atoms with van der Waals surface area (Å²) in [6, 6.07) is 4.68. The number of nitrogens with zero attached hydrogens (tertiary/aromatic N) is 3. The van der Waals surface area contributed by atoms with Gasteiger partial charge in [-0.05, 0) is 11.6 Å². The second-order valence-corrected chi connectivity index (χ2v) is 7.98. The van der Waals surface area contributed by atoms with E-state index in [1.54, 1.807) is 12.3 Å². The third-order valence-corrected chi connectivity index (χ3v) is 5.61. The van der Waals surface area contributed by atoms with E-state index in [1.807, 2.05) is 0 Å². The number of carbonyl (C=O) groups is 1. The van der Waals surface area contributed by atoms with Gasteiger partial charge in [-0.15, -0.1) is 0 Å². The van der Waals surface area contributed by atoms with E-state index in [2.05, 4.69) is 20.6 Å². The van der Waals surface area contributed by atoms with Crippen molar-refractivity contribution < 1.29 is 14.3 Å². The van der Waals surface area contributed by atoms with Crippen molar-refractivity contribution in [1.82, 2.24) is 19.9 Å². The third kappa shape index (κ3) is 4.79. The van der Waals surface area contributed by atoms with Crippen LogP contribution in [0, 0.1) is 0 Å². The van der Waals surface area contributed by atoms with Gasteiger partial charge in [0, 0.05) is 24.9 Å². The molecule has 4 rings (SSSR count). The van der Waals surface area contributed by atoms with E-state index in [-0.39, 0.29) is 33.2 Å². The second-order valence-electron chi connectivity index (χ2n) is 7.16. The summed E-state index contributed by atoms with van der Waals surface area (Å²) in [6.07, 6.45) is 4.30. The Morgan fingerprint density at radius 1 is 1.30 bits per heavy atom. The van der Waals surface area contributed by atoms with Crippen molar-refractivity contribution in [1.29, 1.82) is 0 Å². The number of pyridine rings is 1. The molecule has 1 fully saturated rings. The molecular formula is C21H20Cl2N6O4. The molecule has 33 heavy (non-hydrogen) atoms. The molecule has 1 saturated heterocycles. The Morgan fingerprint density at radius 3 is 2.73 bits per heavy atom. The number of nitrogen functional groups attached to an aromatic ring is 1. The second kappa shape index (κ2) is 9.75. The number of amides is 1. The van der Waals surface area contributed by atoms with Crippen molar-refractivity contribution in [3.05, 3.63) is 68.4 Å². The van der Waals surface area contributed by atoms with Crippen LogP contribution in [0.15, 0.2) is 41.7 Å². The number of hydrogen-bond acceptors (Lipinski definition) is 8. The van der Waals surface area contributed by atoms with Crippen LogP contribution in [0.1, 0.15) is 22.0 Å². The molecule has 3 aromatic rings. The normalized spacial score (nSPS) is 15.8. The summed E-state index contributed by atoms with van der Waals surface area (Å²) >= 11 is 12.6. The molecule has 10 nitrogen and oxygen atoms in total. The maximum atomic E-state index is 13.2. The molecule has 2 aromatic heterocycles. The standard InChI is InChI=1S/C21H20Cl2N6O4/c1-32-13-5-14(22)18(15(23)6-13)29-10-27-19(24)17(21(29)31)20(30)28-12-4-11(7-25-8-12)16-9-33-3-2-26-16/h4-8,10,16,26H,2-3,9,24H2,1H3,(H,28,30)/t16-/m0/s1. The summed E-state index contributed by atoms with van der Waals surface area (Å²) in [5.41, 5.74) is 6.16. The lowest BCUT2D eigenvalue weighted by Crippen LogP contribution is -2.34. The predicted octanol–water partition coefficient (Wildman–Crippen LogP) is 2.44. The van der Waals surface area contributed by atoms with Crippen molar-refractivity contribution in [2.45, 2.75) is 6.04 Å². The minimum absolute atomic E-state index is 0.0526. The number of nitrogens with one attached hydrogen (secondary N) is 2. The lowest BCUT2D eigenvalue weighted by Gasteiger charge is -2.24. The van der Waals surface area contributed by atoms with Gasteiger partial charge in [-0.1, -0.05) is 23.2 Å². The molecule has 12 heteroatoms. The Balaban J connectivity index is 1.67. The minimum Gasteiger partial charge on any atom is -0.497 e. The highest BCUT2D eigenvalue weighted by molar-refractivity contribution is 6.38. The van der Waals surface area contributed by atoms with Crippen molar-refractivity contribution in [2.75, 3.05) is 37.9 Å². The molecule has 0 radical (unpaired) electrons. The first-order valence-corrected chi connectivity index (χ1v) is 10.6. The highest BCUT2D eigenvalue weighted by Gasteiger charge is 2.22. The fraction of sp³-hybridized carbons (Fsp3) is 0.238. The van der Waals surface area contributed by atoms with Crippen LogP contribution in [0.4, 0.5) is 11.5 Å². The quantitative estimate of drug-likeness (QED) is 0.496. The summed E-state index contributed by atoms with van der Waals surface area (Å²) in [7, 11) is 1.46. The van der Waals surface area contributed by atoms with E-state index in [0.29, 0.717) is 31.2 Å². The van der Waals surface area contributed by atoms with Gasteiger partial charge in [0.05, 0.1) is 54.0 Å². The van der Waals surface area contributed by atoms with E-state index in [9.17, 15) is 9.59 Å². The van der Waals surface area contributed by atoms with Gasteiger partial charge >= 0.3 is 0 Å². The Labute approximate surface area is 198 Å². The molecule has 1 aromatic carbocycles. The number of anilines is 2. The number of carbonyl (C=O) groups excluding carboxylic acids is 1. The van der Waals surface area contributed by atoms with Crippen molar-refractivity contribution >= 4 is 40.6 Å². The van der Waals surface area contributed by atoms with Crippen LogP contribution >= 0.6 is 23.2 Å². The molecule has 3 heterocycles. The average molecular weight is 491 g/mol. The Morgan fingerprint density at radius 2 is 2.06 bits per heavy atom. The SMILES string of the molecule is COc1cc(Cl)c(-n2cnc(N)c(C(=O)Nc3cncc([C@@H]4COCCN4)c3)c2=O)c(Cl)c1. The monoisotopic (exact) mass is 490 g/mol. The zero-order chi connectivity index (χ0) is 23.5. The van der Waals surface area contributed by atoms with E-state index >= 15 is 0 Å². The fourth-order valence-electron chi connectivity index (χ4n) is 3.42. The molecular weight excluding hydrogens is 471 g/mol. The smallest absolute Gasteiger partial charge is 0.273 e. The van der Waals surface area contributed by atoms with Gasteiger partial charge in [0.1, 0.15) is 23.5 Å². The van der Waals surface area contributed by atoms with E-state index in [1.165, 1.54) is 25.4 Å². The molecule has 4 N–H and O–H groups in total. The number of nitrogens with two attached hydrogens (primary N) is 1. The summed E-state index contributed by atoms with van der Waals surface area (Å²) in [4.78, 5) is 34.3. The lowest BCUT2D eigenvalue weighted by atomic mass is 10.1. The number of methoxy groups -OCH3 is 1. The summed E-state index contributed by atoms with van der Waals surface area (Å²) in [5, 5.41) is 6.25.